The molecule has 2 aromatic carbocycles. The van der Waals surface area contributed by atoms with Crippen LogP contribution in [0.3, 0.4) is 0 Å². The Kier molecular flexibility index (Phi) is 2.74. The van der Waals surface area contributed by atoms with Crippen LogP contribution < -0.4 is 10.5 Å². The second-order valence-electron chi connectivity index (χ2n) is 6.33. The molecule has 2 fully saturated rings. The fourth-order valence-corrected chi connectivity index (χ4v) is 4.21. The number of ether oxygens (including phenoxy) is 1. The molecule has 0 amide bonds. The molecule has 3 atom stereocenters. The molecule has 2 aliphatic carbocycles. The molecule has 2 nitrogen and oxygen atoms in total. The third kappa shape index (κ3) is 1.82. The van der Waals surface area contributed by atoms with E-state index in [1.165, 1.54) is 35.6 Å². The molecule has 2 aromatic rings. The minimum atomic E-state index is 0.219. The summed E-state index contributed by atoms with van der Waals surface area (Å²) in [7, 11) is 1.71. The smallest absolute Gasteiger partial charge is 0.119 e. The van der Waals surface area contributed by atoms with Crippen molar-refractivity contribution in [3.63, 3.8) is 0 Å². The van der Waals surface area contributed by atoms with Crippen LogP contribution in [0.15, 0.2) is 36.4 Å². The SMILES string of the molecule is COc1ccc2cc(C(N)C3C4CCCC43)ccc2c1. The van der Waals surface area contributed by atoms with Gasteiger partial charge >= 0.3 is 0 Å². The van der Waals surface area contributed by atoms with Crippen molar-refractivity contribution in [2.24, 2.45) is 23.5 Å². The molecule has 20 heavy (non-hydrogen) atoms. The van der Waals surface area contributed by atoms with E-state index < -0.39 is 0 Å². The maximum atomic E-state index is 6.51. The second kappa shape index (κ2) is 4.49. The highest BCUT2D eigenvalue weighted by Crippen LogP contribution is 2.61. The van der Waals surface area contributed by atoms with Crippen molar-refractivity contribution in [2.45, 2.75) is 25.3 Å². The topological polar surface area (TPSA) is 35.2 Å². The van der Waals surface area contributed by atoms with Gasteiger partial charge in [0.25, 0.3) is 0 Å². The molecule has 0 spiro atoms. The lowest BCUT2D eigenvalue weighted by Crippen LogP contribution is -2.15. The lowest BCUT2D eigenvalue weighted by Gasteiger charge is -2.15. The van der Waals surface area contributed by atoms with E-state index in [9.17, 15) is 0 Å². The predicted molar refractivity (Wildman–Crippen MR) is 81.7 cm³/mol. The van der Waals surface area contributed by atoms with Gasteiger partial charge in [0.05, 0.1) is 7.11 Å². The summed E-state index contributed by atoms with van der Waals surface area (Å²) in [5, 5.41) is 2.47. The van der Waals surface area contributed by atoms with Crippen LogP contribution in [0.25, 0.3) is 10.8 Å². The summed E-state index contributed by atoms with van der Waals surface area (Å²) < 4.78 is 5.27. The van der Waals surface area contributed by atoms with E-state index in [-0.39, 0.29) is 6.04 Å². The van der Waals surface area contributed by atoms with Gasteiger partial charge in [0.1, 0.15) is 5.75 Å². The van der Waals surface area contributed by atoms with Crippen LogP contribution in [-0.4, -0.2) is 7.11 Å². The van der Waals surface area contributed by atoms with Crippen LogP contribution in [-0.2, 0) is 0 Å². The first-order chi connectivity index (χ1) is 9.78. The minimum absolute atomic E-state index is 0.219. The lowest BCUT2D eigenvalue weighted by atomic mass is 9.95. The maximum Gasteiger partial charge on any atom is 0.119 e. The average molecular weight is 267 g/mol. The van der Waals surface area contributed by atoms with Crippen LogP contribution in [0, 0.1) is 17.8 Å². The minimum Gasteiger partial charge on any atom is -0.497 e. The molecule has 0 aliphatic heterocycles. The summed E-state index contributed by atoms with van der Waals surface area (Å²) in [6.45, 7) is 0. The summed E-state index contributed by atoms with van der Waals surface area (Å²) in [5.74, 6) is 3.47. The van der Waals surface area contributed by atoms with E-state index in [4.69, 9.17) is 10.5 Å². The van der Waals surface area contributed by atoms with Gasteiger partial charge in [-0.3, -0.25) is 0 Å². The molecule has 3 unspecified atom stereocenters. The first-order valence-corrected chi connectivity index (χ1v) is 7.61. The van der Waals surface area contributed by atoms with E-state index in [1.54, 1.807) is 7.11 Å². The quantitative estimate of drug-likeness (QED) is 0.915. The van der Waals surface area contributed by atoms with Gasteiger partial charge in [-0.25, -0.2) is 0 Å². The molecule has 4 rings (SSSR count). The summed E-state index contributed by atoms with van der Waals surface area (Å²) in [6, 6.07) is 13.1. The number of methoxy groups -OCH3 is 1. The number of hydrogen-bond acceptors (Lipinski definition) is 2. The Bertz CT molecular complexity index is 641. The number of rotatable bonds is 3. The van der Waals surface area contributed by atoms with Crippen LogP contribution in [0.5, 0.6) is 5.75 Å². The van der Waals surface area contributed by atoms with Crippen LogP contribution in [0.1, 0.15) is 30.9 Å². The largest absolute Gasteiger partial charge is 0.497 e. The van der Waals surface area contributed by atoms with Crippen molar-refractivity contribution >= 4 is 10.8 Å². The molecule has 0 radical (unpaired) electrons. The Morgan fingerprint density at radius 1 is 1.05 bits per heavy atom. The highest BCUT2D eigenvalue weighted by Gasteiger charge is 2.55. The summed E-state index contributed by atoms with van der Waals surface area (Å²) in [5.41, 5.74) is 7.81. The summed E-state index contributed by atoms with van der Waals surface area (Å²) in [4.78, 5) is 0. The van der Waals surface area contributed by atoms with Gasteiger partial charge in [0, 0.05) is 6.04 Å². The molecule has 2 N–H and O–H groups in total. The van der Waals surface area contributed by atoms with E-state index in [0.29, 0.717) is 0 Å². The molecule has 104 valence electrons. The summed E-state index contributed by atoms with van der Waals surface area (Å²) in [6.07, 6.45) is 4.21. The predicted octanol–water partition coefficient (Wildman–Crippen LogP) is 3.89. The zero-order valence-electron chi connectivity index (χ0n) is 11.9. The highest BCUT2D eigenvalue weighted by atomic mass is 16.5. The maximum absolute atomic E-state index is 6.51. The molecule has 0 bridgehead atoms. The van der Waals surface area contributed by atoms with Gasteiger partial charge in [0.2, 0.25) is 0 Å². The third-order valence-corrected chi connectivity index (χ3v) is 5.34. The number of hydrogen-bond donors (Lipinski definition) is 1. The Morgan fingerprint density at radius 2 is 1.75 bits per heavy atom. The fourth-order valence-electron chi connectivity index (χ4n) is 4.21. The van der Waals surface area contributed by atoms with Gasteiger partial charge in [0.15, 0.2) is 0 Å². The molecular formula is C18H21NO. The average Bonchev–Trinajstić information content (AvgIpc) is 2.97. The molecule has 2 aliphatic rings. The first-order valence-electron chi connectivity index (χ1n) is 7.61. The number of benzene rings is 2. The molecule has 2 saturated carbocycles. The van der Waals surface area contributed by atoms with Crippen molar-refractivity contribution in [3.8, 4) is 5.75 Å². The Hall–Kier alpha value is -1.54. The Morgan fingerprint density at radius 3 is 2.50 bits per heavy atom. The second-order valence-corrected chi connectivity index (χ2v) is 6.33. The van der Waals surface area contributed by atoms with E-state index >= 15 is 0 Å². The van der Waals surface area contributed by atoms with Gasteiger partial charge in [-0.15, -0.1) is 0 Å². The molecule has 0 heterocycles. The Balaban J connectivity index is 1.64. The zero-order valence-corrected chi connectivity index (χ0v) is 11.9. The monoisotopic (exact) mass is 267 g/mol. The van der Waals surface area contributed by atoms with Crippen LogP contribution >= 0.6 is 0 Å². The van der Waals surface area contributed by atoms with Crippen molar-refractivity contribution in [2.75, 3.05) is 7.11 Å². The van der Waals surface area contributed by atoms with Crippen LogP contribution in [0.4, 0.5) is 0 Å². The normalized spacial score (nSPS) is 29.2. The van der Waals surface area contributed by atoms with Gasteiger partial charge in [-0.05, 0) is 65.1 Å². The highest BCUT2D eigenvalue weighted by molar-refractivity contribution is 5.84. The summed E-state index contributed by atoms with van der Waals surface area (Å²) >= 11 is 0. The molecular weight excluding hydrogens is 246 g/mol. The van der Waals surface area contributed by atoms with Crippen molar-refractivity contribution in [3.05, 3.63) is 42.0 Å². The van der Waals surface area contributed by atoms with Gasteiger partial charge in [-0.2, -0.15) is 0 Å². The van der Waals surface area contributed by atoms with Gasteiger partial charge in [-0.1, -0.05) is 24.6 Å². The molecule has 2 heteroatoms. The van der Waals surface area contributed by atoms with Crippen LogP contribution in [0.2, 0.25) is 0 Å². The zero-order chi connectivity index (χ0) is 13.7. The van der Waals surface area contributed by atoms with E-state index in [0.717, 1.165) is 23.5 Å². The fraction of sp³-hybridized carbons (Fsp3) is 0.444. The van der Waals surface area contributed by atoms with Gasteiger partial charge < -0.3 is 10.5 Å². The van der Waals surface area contributed by atoms with Crippen molar-refractivity contribution in [1.29, 1.82) is 0 Å². The van der Waals surface area contributed by atoms with Crippen molar-refractivity contribution in [1.82, 2.24) is 0 Å². The standard InChI is InChI=1S/C18H21NO/c1-20-14-8-7-11-9-13(6-5-12(11)10-14)18(19)17-15-3-2-4-16(15)17/h5-10,15-18H,2-4,19H2,1H3. The Labute approximate surface area is 119 Å². The van der Waals surface area contributed by atoms with Crippen molar-refractivity contribution < 1.29 is 4.74 Å². The lowest BCUT2D eigenvalue weighted by molar-refractivity contribution is 0.415. The number of fused-ring (bicyclic) bond motifs is 2. The first kappa shape index (κ1) is 12.2. The van der Waals surface area contributed by atoms with E-state index in [2.05, 4.69) is 30.3 Å². The molecule has 0 saturated heterocycles. The molecule has 0 aromatic heterocycles. The number of nitrogens with two attached hydrogens (primary N) is 1. The van der Waals surface area contributed by atoms with E-state index in [1.807, 2.05) is 6.07 Å². The third-order valence-electron chi connectivity index (χ3n) is 5.34.